The SMILES string of the molecule is COCc1c[nH]c(=O)n(OC)c1=O. The van der Waals surface area contributed by atoms with Gasteiger partial charge in [-0.15, -0.1) is 0 Å². The molecule has 0 saturated heterocycles. The number of H-pyrrole nitrogens is 1. The molecule has 13 heavy (non-hydrogen) atoms. The van der Waals surface area contributed by atoms with Crippen molar-refractivity contribution in [2.75, 3.05) is 14.2 Å². The van der Waals surface area contributed by atoms with Gasteiger partial charge in [-0.3, -0.25) is 4.79 Å². The van der Waals surface area contributed by atoms with Crippen LogP contribution in [0.3, 0.4) is 0 Å². The summed E-state index contributed by atoms with van der Waals surface area (Å²) in [6.07, 6.45) is 1.31. The minimum absolute atomic E-state index is 0.138. The Kier molecular flexibility index (Phi) is 2.86. The minimum atomic E-state index is -0.604. The third-order valence-electron chi connectivity index (χ3n) is 1.50. The summed E-state index contributed by atoms with van der Waals surface area (Å²) in [4.78, 5) is 29.2. The average Bonchev–Trinajstić information content (AvgIpc) is 2.11. The highest BCUT2D eigenvalue weighted by atomic mass is 16.7. The van der Waals surface area contributed by atoms with E-state index in [4.69, 9.17) is 4.74 Å². The van der Waals surface area contributed by atoms with Crippen LogP contribution in [0.25, 0.3) is 0 Å². The first-order valence-corrected chi connectivity index (χ1v) is 3.57. The molecule has 0 aliphatic heterocycles. The van der Waals surface area contributed by atoms with Crippen LogP contribution in [-0.2, 0) is 11.3 Å². The zero-order chi connectivity index (χ0) is 9.84. The van der Waals surface area contributed by atoms with Crippen molar-refractivity contribution in [1.82, 2.24) is 9.71 Å². The van der Waals surface area contributed by atoms with E-state index in [-0.39, 0.29) is 6.61 Å². The summed E-state index contributed by atoms with van der Waals surface area (Å²) in [5.74, 6) is 0. The largest absolute Gasteiger partial charge is 0.409 e. The topological polar surface area (TPSA) is 73.3 Å². The molecule has 72 valence electrons. The molecule has 0 aromatic carbocycles. The first kappa shape index (κ1) is 9.53. The molecule has 0 amide bonds. The van der Waals surface area contributed by atoms with E-state index >= 15 is 0 Å². The maximum absolute atomic E-state index is 11.3. The molecule has 1 N–H and O–H groups in total. The fourth-order valence-corrected chi connectivity index (χ4v) is 0.917. The molecule has 6 nitrogen and oxygen atoms in total. The van der Waals surface area contributed by atoms with Crippen LogP contribution in [0.5, 0.6) is 0 Å². The Labute approximate surface area is 73.7 Å². The summed E-state index contributed by atoms with van der Waals surface area (Å²) < 4.78 is 5.39. The number of ether oxygens (including phenoxy) is 1. The van der Waals surface area contributed by atoms with Crippen molar-refractivity contribution in [3.05, 3.63) is 32.6 Å². The van der Waals surface area contributed by atoms with Gasteiger partial charge in [-0.25, -0.2) is 4.79 Å². The summed E-state index contributed by atoms with van der Waals surface area (Å²) in [5, 5.41) is 0. The lowest BCUT2D eigenvalue weighted by Crippen LogP contribution is -2.40. The molecule has 1 aromatic heterocycles. The van der Waals surface area contributed by atoms with Gasteiger partial charge < -0.3 is 14.6 Å². The van der Waals surface area contributed by atoms with Gasteiger partial charge in [-0.2, -0.15) is 0 Å². The van der Waals surface area contributed by atoms with Crippen molar-refractivity contribution in [2.45, 2.75) is 6.61 Å². The van der Waals surface area contributed by atoms with E-state index in [1.165, 1.54) is 20.4 Å². The van der Waals surface area contributed by atoms with Crippen LogP contribution in [0.4, 0.5) is 0 Å². The Morgan fingerprint density at radius 2 is 2.15 bits per heavy atom. The van der Waals surface area contributed by atoms with Gasteiger partial charge in [-0.1, -0.05) is 4.73 Å². The number of nitrogens with one attached hydrogen (secondary N) is 1. The summed E-state index contributed by atoms with van der Waals surface area (Å²) >= 11 is 0. The molecule has 0 atom stereocenters. The molecule has 0 unspecified atom stereocenters. The number of nitrogens with zero attached hydrogens (tertiary/aromatic N) is 1. The fraction of sp³-hybridized carbons (Fsp3) is 0.429. The first-order chi connectivity index (χ1) is 6.20. The molecule has 6 heteroatoms. The summed E-state index contributed by atoms with van der Waals surface area (Å²) in [6.45, 7) is 0.138. The van der Waals surface area contributed by atoms with Crippen molar-refractivity contribution in [3.63, 3.8) is 0 Å². The maximum Gasteiger partial charge on any atom is 0.361 e. The number of aromatic amines is 1. The molecule has 0 radical (unpaired) electrons. The lowest BCUT2D eigenvalue weighted by atomic mass is 10.4. The molecule has 1 aromatic rings. The number of hydrogen-bond donors (Lipinski definition) is 1. The minimum Gasteiger partial charge on any atom is -0.409 e. The molecule has 1 rings (SSSR count). The molecule has 0 bridgehead atoms. The second kappa shape index (κ2) is 3.90. The number of rotatable bonds is 3. The first-order valence-electron chi connectivity index (χ1n) is 3.57. The molecule has 0 aliphatic rings. The Balaban J connectivity index is 3.28. The van der Waals surface area contributed by atoms with Crippen molar-refractivity contribution in [3.8, 4) is 0 Å². The fourth-order valence-electron chi connectivity index (χ4n) is 0.917. The van der Waals surface area contributed by atoms with E-state index in [9.17, 15) is 9.59 Å². The number of hydrogen-bond acceptors (Lipinski definition) is 4. The van der Waals surface area contributed by atoms with Crippen LogP contribution in [0, 0.1) is 0 Å². The van der Waals surface area contributed by atoms with E-state index < -0.39 is 11.2 Å². The standard InChI is InChI=1S/C7H10N2O4/c1-12-4-5-3-8-7(11)9(13-2)6(5)10/h3H,4H2,1-2H3,(H,8,11). The van der Waals surface area contributed by atoms with E-state index in [2.05, 4.69) is 9.82 Å². The Hall–Kier alpha value is -1.56. The van der Waals surface area contributed by atoms with Crippen LogP contribution in [0.15, 0.2) is 15.8 Å². The lowest BCUT2D eigenvalue weighted by Gasteiger charge is -2.03. The molecule has 1 heterocycles. The number of aromatic nitrogens is 2. The highest BCUT2D eigenvalue weighted by Gasteiger charge is 2.05. The summed E-state index contributed by atoms with van der Waals surface area (Å²) in [7, 11) is 2.70. The predicted octanol–water partition coefficient (Wildman–Crippen LogP) is -1.26. The van der Waals surface area contributed by atoms with Gasteiger partial charge in [0.25, 0.3) is 5.56 Å². The van der Waals surface area contributed by atoms with Gasteiger partial charge in [-0.05, 0) is 0 Å². The summed E-state index contributed by atoms with van der Waals surface area (Å²) in [6, 6.07) is 0. The van der Waals surface area contributed by atoms with Crippen LogP contribution in [0.2, 0.25) is 0 Å². The van der Waals surface area contributed by atoms with Crippen molar-refractivity contribution in [2.24, 2.45) is 0 Å². The van der Waals surface area contributed by atoms with Crippen LogP contribution >= 0.6 is 0 Å². The monoisotopic (exact) mass is 186 g/mol. The van der Waals surface area contributed by atoms with Gasteiger partial charge in [0.2, 0.25) is 0 Å². The summed E-state index contributed by atoms with van der Waals surface area (Å²) in [5.41, 5.74) is -0.774. The van der Waals surface area contributed by atoms with Gasteiger partial charge >= 0.3 is 5.69 Å². The molecule has 0 spiro atoms. The van der Waals surface area contributed by atoms with Crippen molar-refractivity contribution in [1.29, 1.82) is 0 Å². The maximum atomic E-state index is 11.3. The van der Waals surface area contributed by atoms with Crippen molar-refractivity contribution < 1.29 is 9.57 Å². The Morgan fingerprint density at radius 3 is 2.69 bits per heavy atom. The normalized spacial score (nSPS) is 10.0. The Morgan fingerprint density at radius 1 is 1.46 bits per heavy atom. The second-order valence-electron chi connectivity index (χ2n) is 2.33. The highest BCUT2D eigenvalue weighted by molar-refractivity contribution is 5.01. The Bertz CT molecular complexity index is 392. The number of methoxy groups -OCH3 is 1. The van der Waals surface area contributed by atoms with Crippen LogP contribution < -0.4 is 16.1 Å². The van der Waals surface area contributed by atoms with Gasteiger partial charge in [0.1, 0.15) is 7.11 Å². The molecule has 0 aliphatic carbocycles. The van der Waals surface area contributed by atoms with Gasteiger partial charge in [0, 0.05) is 13.3 Å². The van der Waals surface area contributed by atoms with Crippen molar-refractivity contribution >= 4 is 0 Å². The third-order valence-corrected chi connectivity index (χ3v) is 1.50. The van der Waals surface area contributed by atoms with Crippen LogP contribution in [0.1, 0.15) is 5.56 Å². The zero-order valence-corrected chi connectivity index (χ0v) is 7.36. The molecule has 0 saturated carbocycles. The predicted molar refractivity (Wildman–Crippen MR) is 44.5 cm³/mol. The molecular weight excluding hydrogens is 176 g/mol. The van der Waals surface area contributed by atoms with Gasteiger partial charge in [0.15, 0.2) is 0 Å². The second-order valence-corrected chi connectivity index (χ2v) is 2.33. The van der Waals surface area contributed by atoms with E-state index in [1.54, 1.807) is 0 Å². The average molecular weight is 186 g/mol. The zero-order valence-electron chi connectivity index (χ0n) is 7.36. The highest BCUT2D eigenvalue weighted by Crippen LogP contribution is 1.86. The van der Waals surface area contributed by atoms with E-state index in [0.717, 1.165) is 0 Å². The third kappa shape index (κ3) is 1.78. The van der Waals surface area contributed by atoms with Gasteiger partial charge in [0.05, 0.1) is 12.2 Å². The molecular formula is C7H10N2O4. The van der Waals surface area contributed by atoms with E-state index in [1.807, 2.05) is 0 Å². The quantitative estimate of drug-likeness (QED) is 0.639. The van der Waals surface area contributed by atoms with E-state index in [0.29, 0.717) is 10.3 Å². The molecule has 0 fully saturated rings. The smallest absolute Gasteiger partial charge is 0.361 e. The lowest BCUT2D eigenvalue weighted by molar-refractivity contribution is 0.136. The van der Waals surface area contributed by atoms with Crippen LogP contribution in [-0.4, -0.2) is 23.9 Å².